The molecule has 24 heavy (non-hydrogen) atoms. The third-order valence-electron chi connectivity index (χ3n) is 4.40. The zero-order valence-electron chi connectivity index (χ0n) is 16.1. The average Bonchev–Trinajstić information content (AvgIpc) is 2.52. The van der Waals surface area contributed by atoms with Crippen LogP contribution in [0.4, 0.5) is 0 Å². The van der Waals surface area contributed by atoms with Gasteiger partial charge in [0.2, 0.25) is 5.91 Å². The summed E-state index contributed by atoms with van der Waals surface area (Å²) in [5.41, 5.74) is 0.0391. The van der Waals surface area contributed by atoms with Crippen molar-refractivity contribution >= 4 is 11.9 Å². The van der Waals surface area contributed by atoms with Gasteiger partial charge in [0.05, 0.1) is 6.10 Å². The monoisotopic (exact) mass is 340 g/mol. The summed E-state index contributed by atoms with van der Waals surface area (Å²) in [4.78, 5) is 16.5. The molecule has 1 unspecified atom stereocenters. The largest absolute Gasteiger partial charge is 0.379 e. The number of amides is 1. The second-order valence-corrected chi connectivity index (χ2v) is 7.57. The molecule has 1 saturated carbocycles. The number of rotatable bonds is 7. The van der Waals surface area contributed by atoms with E-state index in [1.54, 1.807) is 7.11 Å². The highest BCUT2D eigenvalue weighted by molar-refractivity contribution is 5.85. The Kier molecular flexibility index (Phi) is 9.11. The Morgan fingerprint density at radius 2 is 1.88 bits per heavy atom. The summed E-state index contributed by atoms with van der Waals surface area (Å²) < 4.78 is 5.54. The van der Waals surface area contributed by atoms with E-state index in [9.17, 15) is 4.79 Å². The van der Waals surface area contributed by atoms with E-state index in [1.165, 1.54) is 19.3 Å². The quantitative estimate of drug-likeness (QED) is 0.490. The van der Waals surface area contributed by atoms with Crippen molar-refractivity contribution in [1.82, 2.24) is 16.0 Å². The number of methoxy groups -OCH3 is 1. The van der Waals surface area contributed by atoms with Crippen LogP contribution in [0.5, 0.6) is 0 Å². The number of ether oxygens (including phenoxy) is 1. The number of carbonyl (C=O) groups is 1. The first-order chi connectivity index (χ1) is 11.4. The first-order valence-electron chi connectivity index (χ1n) is 9.21. The van der Waals surface area contributed by atoms with E-state index in [4.69, 9.17) is 4.74 Å². The Labute approximate surface area is 147 Å². The van der Waals surface area contributed by atoms with Crippen LogP contribution in [0.1, 0.15) is 59.8 Å². The highest BCUT2D eigenvalue weighted by atomic mass is 16.5. The summed E-state index contributed by atoms with van der Waals surface area (Å²) in [6.45, 7) is 9.99. The van der Waals surface area contributed by atoms with Crippen molar-refractivity contribution in [3.8, 4) is 0 Å². The summed E-state index contributed by atoms with van der Waals surface area (Å²) in [5.74, 6) is 0.654. The molecule has 1 fully saturated rings. The topological polar surface area (TPSA) is 74.8 Å². The van der Waals surface area contributed by atoms with Gasteiger partial charge in [-0.15, -0.1) is 0 Å². The Hall–Kier alpha value is -1.30. The molecule has 1 rings (SSSR count). The minimum absolute atomic E-state index is 0.00165. The molecule has 0 saturated heterocycles. The Bertz CT molecular complexity index is 398. The summed E-state index contributed by atoms with van der Waals surface area (Å²) in [6, 6.07) is 0.329. The van der Waals surface area contributed by atoms with E-state index in [0.29, 0.717) is 18.5 Å². The van der Waals surface area contributed by atoms with E-state index < -0.39 is 0 Å². The van der Waals surface area contributed by atoms with Crippen molar-refractivity contribution in [2.45, 2.75) is 71.9 Å². The fourth-order valence-electron chi connectivity index (χ4n) is 2.95. The van der Waals surface area contributed by atoms with Crippen LogP contribution in [0.25, 0.3) is 0 Å². The molecule has 0 bridgehead atoms. The number of guanidine groups is 1. The van der Waals surface area contributed by atoms with Crippen molar-refractivity contribution in [3.63, 3.8) is 0 Å². The summed E-state index contributed by atoms with van der Waals surface area (Å²) in [5, 5.41) is 9.54. The van der Waals surface area contributed by atoms with Crippen molar-refractivity contribution in [3.05, 3.63) is 0 Å². The molecule has 140 valence electrons. The predicted molar refractivity (Wildman–Crippen MR) is 99.2 cm³/mol. The zero-order chi connectivity index (χ0) is 18.0. The molecule has 6 heteroatoms. The third-order valence-corrected chi connectivity index (χ3v) is 4.40. The molecule has 0 aliphatic heterocycles. The lowest BCUT2D eigenvalue weighted by Gasteiger charge is -2.30. The van der Waals surface area contributed by atoms with Gasteiger partial charge in [0.15, 0.2) is 5.96 Å². The third kappa shape index (κ3) is 7.99. The molecular formula is C18H36N4O2. The number of hydrogen-bond donors (Lipinski definition) is 3. The Balaban J connectivity index is 2.47. The highest BCUT2D eigenvalue weighted by Crippen LogP contribution is 2.21. The number of nitrogens with one attached hydrogen (secondary N) is 3. The van der Waals surface area contributed by atoms with Crippen LogP contribution >= 0.6 is 0 Å². The summed E-state index contributed by atoms with van der Waals surface area (Å²) >= 11 is 0. The van der Waals surface area contributed by atoms with E-state index in [2.05, 4.69) is 41.7 Å². The second-order valence-electron chi connectivity index (χ2n) is 7.57. The van der Waals surface area contributed by atoms with E-state index in [-0.39, 0.29) is 24.0 Å². The SMILES string of the molecule is CCNC(=NCC(=O)NC1CCCCC1)NCC(OC)C(C)(C)C. The van der Waals surface area contributed by atoms with Crippen LogP contribution in [0, 0.1) is 5.41 Å². The lowest BCUT2D eigenvalue weighted by Crippen LogP contribution is -2.46. The lowest BCUT2D eigenvalue weighted by atomic mass is 9.89. The maximum atomic E-state index is 12.1. The van der Waals surface area contributed by atoms with E-state index in [0.717, 1.165) is 19.4 Å². The van der Waals surface area contributed by atoms with Crippen molar-refractivity contribution < 1.29 is 9.53 Å². The van der Waals surface area contributed by atoms with Crippen LogP contribution < -0.4 is 16.0 Å². The van der Waals surface area contributed by atoms with Gasteiger partial charge < -0.3 is 20.7 Å². The predicted octanol–water partition coefficient (Wildman–Crippen LogP) is 2.05. The number of nitrogens with zero attached hydrogens (tertiary/aromatic N) is 1. The zero-order valence-corrected chi connectivity index (χ0v) is 16.1. The Morgan fingerprint density at radius 1 is 1.21 bits per heavy atom. The molecule has 0 spiro atoms. The van der Waals surface area contributed by atoms with Gasteiger partial charge >= 0.3 is 0 Å². The van der Waals surface area contributed by atoms with Crippen LogP contribution in [0.15, 0.2) is 4.99 Å². The normalized spacial score (nSPS) is 18.1. The standard InChI is InChI=1S/C18H36N4O2/c1-6-19-17(20-12-15(24-5)18(2,3)4)21-13-16(23)22-14-10-8-7-9-11-14/h14-15H,6-13H2,1-5H3,(H,22,23)(H2,19,20,21). The fourth-order valence-corrected chi connectivity index (χ4v) is 2.95. The molecule has 0 aromatic rings. The summed E-state index contributed by atoms with van der Waals surface area (Å²) in [7, 11) is 1.72. The molecule has 1 aliphatic carbocycles. The van der Waals surface area contributed by atoms with Gasteiger partial charge in [-0.05, 0) is 25.2 Å². The van der Waals surface area contributed by atoms with Gasteiger partial charge in [-0.2, -0.15) is 0 Å². The van der Waals surface area contributed by atoms with Gasteiger partial charge in [0, 0.05) is 26.2 Å². The van der Waals surface area contributed by atoms with Crippen molar-refractivity contribution in [2.75, 3.05) is 26.7 Å². The molecule has 6 nitrogen and oxygen atoms in total. The molecule has 0 aromatic heterocycles. The smallest absolute Gasteiger partial charge is 0.242 e. The fraction of sp³-hybridized carbons (Fsp3) is 0.889. The molecule has 0 aromatic carbocycles. The Morgan fingerprint density at radius 3 is 2.42 bits per heavy atom. The first kappa shape index (κ1) is 20.7. The molecular weight excluding hydrogens is 304 g/mol. The molecule has 3 N–H and O–H groups in total. The molecule has 1 atom stereocenters. The number of carbonyl (C=O) groups excluding carboxylic acids is 1. The van der Waals surface area contributed by atoms with Crippen LogP contribution in [0.2, 0.25) is 0 Å². The van der Waals surface area contributed by atoms with E-state index in [1.807, 2.05) is 6.92 Å². The minimum Gasteiger partial charge on any atom is -0.379 e. The molecule has 0 radical (unpaired) electrons. The summed E-state index contributed by atoms with van der Waals surface area (Å²) in [6.07, 6.45) is 5.96. The highest BCUT2D eigenvalue weighted by Gasteiger charge is 2.24. The molecule has 1 amide bonds. The van der Waals surface area contributed by atoms with Gasteiger partial charge in [-0.3, -0.25) is 4.79 Å². The van der Waals surface area contributed by atoms with E-state index >= 15 is 0 Å². The van der Waals surface area contributed by atoms with Gasteiger partial charge in [-0.1, -0.05) is 40.0 Å². The van der Waals surface area contributed by atoms with Crippen molar-refractivity contribution in [2.24, 2.45) is 10.4 Å². The van der Waals surface area contributed by atoms with Crippen LogP contribution in [-0.2, 0) is 9.53 Å². The lowest BCUT2D eigenvalue weighted by molar-refractivity contribution is -0.120. The maximum absolute atomic E-state index is 12.1. The first-order valence-corrected chi connectivity index (χ1v) is 9.21. The average molecular weight is 341 g/mol. The van der Waals surface area contributed by atoms with Gasteiger partial charge in [0.1, 0.15) is 6.54 Å². The number of hydrogen-bond acceptors (Lipinski definition) is 3. The maximum Gasteiger partial charge on any atom is 0.242 e. The van der Waals surface area contributed by atoms with Crippen LogP contribution in [-0.4, -0.2) is 50.8 Å². The second kappa shape index (κ2) is 10.5. The van der Waals surface area contributed by atoms with Gasteiger partial charge in [-0.25, -0.2) is 4.99 Å². The minimum atomic E-state index is -0.00165. The van der Waals surface area contributed by atoms with Crippen molar-refractivity contribution in [1.29, 1.82) is 0 Å². The van der Waals surface area contributed by atoms with Crippen LogP contribution in [0.3, 0.4) is 0 Å². The van der Waals surface area contributed by atoms with Gasteiger partial charge in [0.25, 0.3) is 0 Å². The molecule has 0 heterocycles. The number of aliphatic imine (C=N–C) groups is 1. The molecule has 1 aliphatic rings.